The lowest BCUT2D eigenvalue weighted by Gasteiger charge is -2.25. The molecule has 1 rings (SSSR count). The lowest BCUT2D eigenvalue weighted by molar-refractivity contribution is -0.160. The molecule has 0 radical (unpaired) electrons. The Hall–Kier alpha value is -1.88. The van der Waals surface area contributed by atoms with Gasteiger partial charge in [-0.2, -0.15) is 0 Å². The molecular formula is C15H21NO4. The zero-order valence-electron chi connectivity index (χ0n) is 12.2. The van der Waals surface area contributed by atoms with Gasteiger partial charge in [-0.05, 0) is 33.3 Å². The highest BCUT2D eigenvalue weighted by Crippen LogP contribution is 2.22. The number of rotatable bonds is 4. The smallest absolute Gasteiger partial charge is 0.324 e. The Morgan fingerprint density at radius 2 is 1.70 bits per heavy atom. The molecule has 0 aliphatic rings. The van der Waals surface area contributed by atoms with Crippen LogP contribution in [0.15, 0.2) is 24.3 Å². The van der Waals surface area contributed by atoms with Crippen LogP contribution in [0.4, 0.5) is 0 Å². The summed E-state index contributed by atoms with van der Waals surface area (Å²) in [5, 5.41) is 9.33. The second-order valence-corrected chi connectivity index (χ2v) is 5.79. The molecule has 0 bridgehead atoms. The number of carboxylic acid groups (broad SMARTS) is 1. The summed E-state index contributed by atoms with van der Waals surface area (Å²) in [5.41, 5.74) is 6.57. The van der Waals surface area contributed by atoms with Crippen molar-refractivity contribution >= 4 is 11.9 Å². The first-order valence-corrected chi connectivity index (χ1v) is 6.39. The van der Waals surface area contributed by atoms with Crippen molar-refractivity contribution in [3.63, 3.8) is 0 Å². The Labute approximate surface area is 118 Å². The van der Waals surface area contributed by atoms with Crippen molar-refractivity contribution in [1.82, 2.24) is 0 Å². The van der Waals surface area contributed by atoms with Gasteiger partial charge in [0.2, 0.25) is 0 Å². The first-order valence-electron chi connectivity index (χ1n) is 6.39. The van der Waals surface area contributed by atoms with Crippen LogP contribution in [-0.2, 0) is 14.3 Å². The molecule has 0 fully saturated rings. The molecule has 3 N–H and O–H groups in total. The highest BCUT2D eigenvalue weighted by atomic mass is 16.6. The van der Waals surface area contributed by atoms with E-state index in [1.54, 1.807) is 45.0 Å². The Morgan fingerprint density at radius 3 is 2.10 bits per heavy atom. The molecule has 5 nitrogen and oxygen atoms in total. The zero-order chi connectivity index (χ0) is 15.5. The number of hydrogen-bond donors (Lipinski definition) is 2. The summed E-state index contributed by atoms with van der Waals surface area (Å²) in [6.07, 6.45) is 0. The lowest BCUT2D eigenvalue weighted by Crippen LogP contribution is -2.44. The summed E-state index contributed by atoms with van der Waals surface area (Å²) >= 11 is 0. The number of esters is 1. The van der Waals surface area contributed by atoms with Crippen molar-refractivity contribution in [2.24, 2.45) is 5.73 Å². The summed E-state index contributed by atoms with van der Waals surface area (Å²) in [7, 11) is 0. The number of aryl methyl sites for hydroxylation is 1. The molecule has 0 saturated carbocycles. The van der Waals surface area contributed by atoms with Crippen LogP contribution in [0, 0.1) is 6.92 Å². The third kappa shape index (κ3) is 4.35. The molecule has 0 aliphatic heterocycles. The Morgan fingerprint density at radius 1 is 1.20 bits per heavy atom. The summed E-state index contributed by atoms with van der Waals surface area (Å²) < 4.78 is 5.15. The molecule has 0 heterocycles. The number of nitrogens with two attached hydrogens (primary N) is 1. The van der Waals surface area contributed by atoms with Gasteiger partial charge in [0.15, 0.2) is 0 Å². The third-order valence-corrected chi connectivity index (χ3v) is 2.74. The average Bonchev–Trinajstić information content (AvgIpc) is 2.29. The van der Waals surface area contributed by atoms with Gasteiger partial charge in [0, 0.05) is 0 Å². The first-order chi connectivity index (χ1) is 9.11. The molecule has 0 spiro atoms. The molecule has 0 amide bonds. The summed E-state index contributed by atoms with van der Waals surface area (Å²) in [4.78, 5) is 23.3. The SMILES string of the molecule is Cc1ccc(C(C(=O)O)C(N)C(=O)OC(C)(C)C)cc1. The van der Waals surface area contributed by atoms with Crippen LogP contribution in [0.25, 0.3) is 0 Å². The fraction of sp³-hybridized carbons (Fsp3) is 0.467. The maximum atomic E-state index is 11.9. The van der Waals surface area contributed by atoms with Gasteiger partial charge in [-0.3, -0.25) is 9.59 Å². The molecule has 110 valence electrons. The van der Waals surface area contributed by atoms with Gasteiger partial charge in [0.25, 0.3) is 0 Å². The van der Waals surface area contributed by atoms with Crippen LogP contribution in [-0.4, -0.2) is 28.7 Å². The van der Waals surface area contributed by atoms with E-state index >= 15 is 0 Å². The van der Waals surface area contributed by atoms with Gasteiger partial charge < -0.3 is 15.6 Å². The number of ether oxygens (including phenoxy) is 1. The van der Waals surface area contributed by atoms with E-state index < -0.39 is 29.5 Å². The Kier molecular flexibility index (Phi) is 4.89. The van der Waals surface area contributed by atoms with Crippen LogP contribution in [0.2, 0.25) is 0 Å². The molecule has 1 aromatic rings. The van der Waals surface area contributed by atoms with Gasteiger partial charge >= 0.3 is 11.9 Å². The van der Waals surface area contributed by atoms with Crippen LogP contribution in [0.3, 0.4) is 0 Å². The van der Waals surface area contributed by atoms with Crippen molar-refractivity contribution in [2.75, 3.05) is 0 Å². The van der Waals surface area contributed by atoms with Gasteiger partial charge in [-0.15, -0.1) is 0 Å². The molecule has 0 aliphatic carbocycles. The molecular weight excluding hydrogens is 258 g/mol. The van der Waals surface area contributed by atoms with E-state index in [1.807, 2.05) is 6.92 Å². The Balaban J connectivity index is 2.99. The third-order valence-electron chi connectivity index (χ3n) is 2.74. The van der Waals surface area contributed by atoms with Crippen LogP contribution in [0.1, 0.15) is 37.8 Å². The summed E-state index contributed by atoms with van der Waals surface area (Å²) in [6, 6.07) is 5.66. The topological polar surface area (TPSA) is 89.6 Å². The molecule has 2 atom stereocenters. The minimum atomic E-state index is -1.24. The monoisotopic (exact) mass is 279 g/mol. The van der Waals surface area contributed by atoms with Gasteiger partial charge in [0.05, 0.1) is 0 Å². The van der Waals surface area contributed by atoms with E-state index in [1.165, 1.54) is 0 Å². The molecule has 1 aromatic carbocycles. The van der Waals surface area contributed by atoms with Gasteiger partial charge in [0.1, 0.15) is 17.6 Å². The quantitative estimate of drug-likeness (QED) is 0.821. The van der Waals surface area contributed by atoms with Gasteiger partial charge in [-0.25, -0.2) is 0 Å². The average molecular weight is 279 g/mol. The second kappa shape index (κ2) is 6.05. The van der Waals surface area contributed by atoms with E-state index in [2.05, 4.69) is 0 Å². The Bertz CT molecular complexity index is 488. The standard InChI is InChI=1S/C15H21NO4/c1-9-5-7-10(8-6-9)11(13(17)18)12(16)14(19)20-15(2,3)4/h5-8,11-12H,16H2,1-4H3,(H,17,18). The van der Waals surface area contributed by atoms with Crippen molar-refractivity contribution in [3.8, 4) is 0 Å². The predicted octanol–water partition coefficient (Wildman–Crippen LogP) is 1.83. The fourth-order valence-electron chi connectivity index (χ4n) is 1.78. The minimum absolute atomic E-state index is 0.487. The van der Waals surface area contributed by atoms with Gasteiger partial charge in [-0.1, -0.05) is 29.8 Å². The number of hydrogen-bond acceptors (Lipinski definition) is 4. The van der Waals surface area contributed by atoms with E-state index in [0.717, 1.165) is 5.56 Å². The molecule has 0 aromatic heterocycles. The van der Waals surface area contributed by atoms with Crippen LogP contribution < -0.4 is 5.73 Å². The largest absolute Gasteiger partial charge is 0.481 e. The lowest BCUT2D eigenvalue weighted by atomic mass is 9.91. The number of carboxylic acids is 1. The maximum Gasteiger partial charge on any atom is 0.324 e. The zero-order valence-corrected chi connectivity index (χ0v) is 12.2. The van der Waals surface area contributed by atoms with Crippen LogP contribution in [0.5, 0.6) is 0 Å². The second-order valence-electron chi connectivity index (χ2n) is 5.79. The normalized spacial score (nSPS) is 14.4. The molecule has 0 saturated heterocycles. The van der Waals surface area contributed by atoms with Crippen molar-refractivity contribution in [2.45, 2.75) is 45.3 Å². The number of aliphatic carboxylic acids is 1. The van der Waals surface area contributed by atoms with Crippen molar-refractivity contribution in [3.05, 3.63) is 35.4 Å². The summed E-state index contributed by atoms with van der Waals surface area (Å²) in [6.45, 7) is 7.02. The molecule has 5 heteroatoms. The van der Waals surface area contributed by atoms with E-state index in [0.29, 0.717) is 5.56 Å². The van der Waals surface area contributed by atoms with Crippen LogP contribution >= 0.6 is 0 Å². The number of benzene rings is 1. The minimum Gasteiger partial charge on any atom is -0.481 e. The summed E-state index contributed by atoms with van der Waals surface area (Å²) in [5.74, 6) is -2.98. The number of carbonyl (C=O) groups is 2. The molecule has 2 unspecified atom stereocenters. The highest BCUT2D eigenvalue weighted by molar-refractivity contribution is 5.87. The highest BCUT2D eigenvalue weighted by Gasteiger charge is 2.35. The van der Waals surface area contributed by atoms with E-state index in [9.17, 15) is 14.7 Å². The predicted molar refractivity (Wildman–Crippen MR) is 75.4 cm³/mol. The molecule has 20 heavy (non-hydrogen) atoms. The van der Waals surface area contributed by atoms with Crippen molar-refractivity contribution in [1.29, 1.82) is 0 Å². The van der Waals surface area contributed by atoms with Crippen molar-refractivity contribution < 1.29 is 19.4 Å². The fourth-order valence-corrected chi connectivity index (χ4v) is 1.78. The van der Waals surface area contributed by atoms with E-state index in [4.69, 9.17) is 10.5 Å². The number of carbonyl (C=O) groups excluding carboxylic acids is 1. The van der Waals surface area contributed by atoms with E-state index in [-0.39, 0.29) is 0 Å². The maximum absolute atomic E-state index is 11.9. The first kappa shape index (κ1) is 16.2.